The maximum atomic E-state index is 13.1. The molecule has 0 bridgehead atoms. The van der Waals surface area contributed by atoms with Crippen LogP contribution in [-0.2, 0) is 19.4 Å². The molecule has 2 aromatic rings. The Bertz CT molecular complexity index is 957. The topological polar surface area (TPSA) is 93.7 Å². The predicted octanol–water partition coefficient (Wildman–Crippen LogP) is 2.89. The molecule has 2 aromatic carbocycles. The van der Waals surface area contributed by atoms with Crippen molar-refractivity contribution in [2.24, 2.45) is 0 Å². The Hall–Kier alpha value is -2.29. The van der Waals surface area contributed by atoms with E-state index in [1.54, 1.807) is 24.3 Å². The van der Waals surface area contributed by atoms with Crippen LogP contribution in [0.5, 0.6) is 5.75 Å². The van der Waals surface area contributed by atoms with Gasteiger partial charge in [-0.1, -0.05) is 17.7 Å². The van der Waals surface area contributed by atoms with Crippen LogP contribution >= 0.6 is 11.6 Å². The third-order valence-corrected chi connectivity index (χ3v) is 6.89. The number of hydrogen-bond acceptors (Lipinski definition) is 6. The number of sulfone groups is 1. The van der Waals surface area contributed by atoms with Crippen LogP contribution < -0.4 is 15.4 Å². The highest BCUT2D eigenvalue weighted by molar-refractivity contribution is 7.91. The van der Waals surface area contributed by atoms with Crippen LogP contribution in [0.3, 0.4) is 0 Å². The number of rotatable bonds is 8. The second kappa shape index (κ2) is 9.47. The van der Waals surface area contributed by atoms with Gasteiger partial charge in [-0.05, 0) is 49.2 Å². The van der Waals surface area contributed by atoms with E-state index in [1.807, 2.05) is 0 Å². The molecule has 1 aliphatic rings. The maximum absolute atomic E-state index is 13.1. The molecule has 9 heteroatoms. The molecule has 2 N–H and O–H groups in total. The first-order valence-corrected chi connectivity index (χ1v) is 11.1. The van der Waals surface area contributed by atoms with Crippen LogP contribution in [0.4, 0.5) is 5.69 Å². The van der Waals surface area contributed by atoms with Gasteiger partial charge in [-0.25, -0.2) is 8.42 Å². The summed E-state index contributed by atoms with van der Waals surface area (Å²) in [4.78, 5) is 12.1. The molecule has 1 fully saturated rings. The maximum Gasteiger partial charge on any atom is 0.239 e. The van der Waals surface area contributed by atoms with E-state index < -0.39 is 9.84 Å². The summed E-state index contributed by atoms with van der Waals surface area (Å²) >= 11 is 6.22. The number of anilines is 1. The van der Waals surface area contributed by atoms with Gasteiger partial charge in [0, 0.05) is 13.2 Å². The van der Waals surface area contributed by atoms with E-state index >= 15 is 0 Å². The van der Waals surface area contributed by atoms with Gasteiger partial charge in [-0.3, -0.25) is 4.79 Å². The number of hydrogen-bond donors (Lipinski definition) is 2. The quantitative estimate of drug-likeness (QED) is 0.658. The fraction of sp³-hybridized carbons (Fsp3) is 0.350. The van der Waals surface area contributed by atoms with Crippen molar-refractivity contribution in [2.75, 3.05) is 32.1 Å². The number of methoxy groups -OCH3 is 1. The lowest BCUT2D eigenvalue weighted by molar-refractivity contribution is -0.119. The van der Waals surface area contributed by atoms with E-state index in [2.05, 4.69) is 10.6 Å². The Balaban J connectivity index is 1.74. The summed E-state index contributed by atoms with van der Waals surface area (Å²) in [7, 11) is -2.40. The first-order valence-electron chi connectivity index (χ1n) is 9.21. The van der Waals surface area contributed by atoms with E-state index in [9.17, 15) is 13.2 Å². The largest absolute Gasteiger partial charge is 0.497 e. The van der Waals surface area contributed by atoms with Crippen LogP contribution in [0.25, 0.3) is 0 Å². The Labute approximate surface area is 175 Å². The minimum Gasteiger partial charge on any atom is -0.497 e. The van der Waals surface area contributed by atoms with Crippen molar-refractivity contribution in [3.05, 3.63) is 47.5 Å². The molecule has 1 heterocycles. The van der Waals surface area contributed by atoms with Gasteiger partial charge in [0.25, 0.3) is 0 Å². The van der Waals surface area contributed by atoms with Gasteiger partial charge in [-0.2, -0.15) is 0 Å². The van der Waals surface area contributed by atoms with Gasteiger partial charge in [0.05, 0.1) is 35.4 Å². The molecule has 29 heavy (non-hydrogen) atoms. The summed E-state index contributed by atoms with van der Waals surface area (Å²) in [5.41, 5.74) is 0.264. The Morgan fingerprint density at radius 3 is 2.66 bits per heavy atom. The molecule has 0 aliphatic carbocycles. The molecule has 1 aliphatic heterocycles. The molecule has 7 nitrogen and oxygen atoms in total. The van der Waals surface area contributed by atoms with Gasteiger partial charge in [0.2, 0.25) is 15.7 Å². The SMILES string of the molecule is COc1ccc(S(=O)(=O)c2c(Cl)cccc2NCC(=O)NCC2CCCO2)cc1. The first-order chi connectivity index (χ1) is 13.9. The molecular weight excluding hydrogens is 416 g/mol. The van der Waals surface area contributed by atoms with Gasteiger partial charge in [0.15, 0.2) is 0 Å². The molecular formula is C20H23ClN2O5S. The summed E-state index contributed by atoms with van der Waals surface area (Å²) < 4.78 is 36.8. The first kappa shape index (κ1) is 21.4. The number of amides is 1. The van der Waals surface area contributed by atoms with E-state index in [-0.39, 0.29) is 39.1 Å². The number of carbonyl (C=O) groups excluding carboxylic acids is 1. The zero-order valence-electron chi connectivity index (χ0n) is 16.0. The summed E-state index contributed by atoms with van der Waals surface area (Å²) in [5.74, 6) is 0.289. The second-order valence-electron chi connectivity index (χ2n) is 6.59. The average Bonchev–Trinajstić information content (AvgIpc) is 3.24. The third-order valence-electron chi connectivity index (χ3n) is 4.60. The fourth-order valence-electron chi connectivity index (χ4n) is 3.06. The number of halogens is 1. The lowest BCUT2D eigenvalue weighted by atomic mass is 10.2. The molecule has 1 amide bonds. The van der Waals surface area contributed by atoms with Crippen LogP contribution in [0.15, 0.2) is 52.3 Å². The van der Waals surface area contributed by atoms with E-state index in [0.29, 0.717) is 18.9 Å². The van der Waals surface area contributed by atoms with E-state index in [1.165, 1.54) is 25.3 Å². The predicted molar refractivity (Wildman–Crippen MR) is 110 cm³/mol. The van der Waals surface area contributed by atoms with Crippen LogP contribution in [0.1, 0.15) is 12.8 Å². The lowest BCUT2D eigenvalue weighted by Crippen LogP contribution is -2.35. The van der Waals surface area contributed by atoms with Crippen LogP contribution in [0, 0.1) is 0 Å². The minimum atomic E-state index is -3.90. The summed E-state index contributed by atoms with van der Waals surface area (Å²) in [6.07, 6.45) is 1.95. The van der Waals surface area contributed by atoms with Crippen molar-refractivity contribution in [1.82, 2.24) is 5.32 Å². The van der Waals surface area contributed by atoms with Gasteiger partial charge >= 0.3 is 0 Å². The Morgan fingerprint density at radius 2 is 2.00 bits per heavy atom. The van der Waals surface area contributed by atoms with Crippen molar-refractivity contribution in [1.29, 1.82) is 0 Å². The van der Waals surface area contributed by atoms with Crippen molar-refractivity contribution in [3.8, 4) is 5.75 Å². The molecule has 156 valence electrons. The molecule has 0 saturated carbocycles. The minimum absolute atomic E-state index is 0.0381. The molecule has 1 saturated heterocycles. The van der Waals surface area contributed by atoms with Crippen LogP contribution in [0.2, 0.25) is 5.02 Å². The second-order valence-corrected chi connectivity index (χ2v) is 8.88. The summed E-state index contributed by atoms with van der Waals surface area (Å²) in [6, 6.07) is 10.7. The Kier molecular flexibility index (Phi) is 7.00. The van der Waals surface area contributed by atoms with Crippen LogP contribution in [-0.4, -0.2) is 47.2 Å². The van der Waals surface area contributed by atoms with Gasteiger partial charge in [-0.15, -0.1) is 0 Å². The number of benzene rings is 2. The molecule has 1 atom stereocenters. The van der Waals surface area contributed by atoms with Crippen molar-refractivity contribution >= 4 is 33.0 Å². The zero-order chi connectivity index (χ0) is 20.9. The zero-order valence-corrected chi connectivity index (χ0v) is 17.6. The normalized spacial score (nSPS) is 16.4. The van der Waals surface area contributed by atoms with E-state index in [0.717, 1.165) is 12.8 Å². The molecule has 1 unspecified atom stereocenters. The summed E-state index contributed by atoms with van der Waals surface area (Å²) in [5, 5.41) is 5.75. The van der Waals surface area contributed by atoms with Gasteiger partial charge < -0.3 is 20.1 Å². The number of carbonyl (C=O) groups is 1. The monoisotopic (exact) mass is 438 g/mol. The standard InChI is InChI=1S/C20H23ClN2O5S/c1-27-14-7-9-16(10-8-14)29(25,26)20-17(21)5-2-6-18(20)22-13-19(24)23-12-15-4-3-11-28-15/h2,5-10,15,22H,3-4,11-13H2,1H3,(H,23,24). The highest BCUT2D eigenvalue weighted by Crippen LogP contribution is 2.34. The van der Waals surface area contributed by atoms with Crippen molar-refractivity contribution < 1.29 is 22.7 Å². The van der Waals surface area contributed by atoms with Crippen molar-refractivity contribution in [3.63, 3.8) is 0 Å². The average molecular weight is 439 g/mol. The molecule has 0 spiro atoms. The number of nitrogens with one attached hydrogen (secondary N) is 2. The smallest absolute Gasteiger partial charge is 0.239 e. The number of ether oxygens (including phenoxy) is 2. The Morgan fingerprint density at radius 1 is 1.24 bits per heavy atom. The van der Waals surface area contributed by atoms with Gasteiger partial charge in [0.1, 0.15) is 10.6 Å². The molecule has 0 aromatic heterocycles. The van der Waals surface area contributed by atoms with Crippen molar-refractivity contribution in [2.45, 2.75) is 28.7 Å². The lowest BCUT2D eigenvalue weighted by Gasteiger charge is -2.15. The van der Waals surface area contributed by atoms with E-state index in [4.69, 9.17) is 21.1 Å². The highest BCUT2D eigenvalue weighted by Gasteiger charge is 2.25. The third kappa shape index (κ3) is 5.20. The highest BCUT2D eigenvalue weighted by atomic mass is 35.5. The molecule has 0 radical (unpaired) electrons. The fourth-order valence-corrected chi connectivity index (χ4v) is 5.03. The molecule has 3 rings (SSSR count). The summed E-state index contributed by atoms with van der Waals surface area (Å²) in [6.45, 7) is 1.07.